The Bertz CT molecular complexity index is 3570. The number of nitrogen functional groups attached to an aromatic ring is 1. The number of nitrogens with two attached hydrogens (primary N) is 1. The second kappa shape index (κ2) is 17.0. The maximum Gasteiger partial charge on any atom is 0.296 e. The monoisotopic (exact) mass is 926 g/mol. The molecular weight excluding hydrogens is 901 g/mol. The molecule has 0 aliphatic heterocycles. The van der Waals surface area contributed by atoms with E-state index in [1.165, 1.54) is 84.9 Å². The largest absolute Gasteiger partial charge is 0.505 e. The van der Waals surface area contributed by atoms with E-state index in [1.807, 2.05) is 0 Å². The van der Waals surface area contributed by atoms with Gasteiger partial charge >= 0.3 is 0 Å². The highest BCUT2D eigenvalue weighted by Gasteiger charge is 2.26. The molecule has 0 heterocycles. The molecule has 0 fully saturated rings. The first-order valence-electron chi connectivity index (χ1n) is 17.6. The summed E-state index contributed by atoms with van der Waals surface area (Å²) in [4.78, 5) is 8.46. The lowest BCUT2D eigenvalue weighted by Gasteiger charge is -2.12. The summed E-state index contributed by atoms with van der Waals surface area (Å²) >= 11 is 0. The second-order valence-corrected chi connectivity index (χ2v) is 17.3. The van der Waals surface area contributed by atoms with Crippen LogP contribution in [0.5, 0.6) is 11.5 Å². The van der Waals surface area contributed by atoms with Gasteiger partial charge in [-0.2, -0.15) is 30.4 Å². The number of rotatable bonds is 12. The summed E-state index contributed by atoms with van der Waals surface area (Å²) in [7, 11) is -14.9. The third-order valence-corrected chi connectivity index (χ3v) is 11.6. The van der Waals surface area contributed by atoms with Crippen molar-refractivity contribution in [1.29, 1.82) is 0 Å². The van der Waals surface area contributed by atoms with Crippen LogP contribution in [0.15, 0.2) is 171 Å². The van der Waals surface area contributed by atoms with Gasteiger partial charge < -0.3 is 15.9 Å². The van der Waals surface area contributed by atoms with Gasteiger partial charge in [-0.1, -0.05) is 42.5 Å². The van der Waals surface area contributed by atoms with Crippen molar-refractivity contribution in [1.82, 2.24) is 0 Å². The van der Waals surface area contributed by atoms with Crippen LogP contribution in [0.3, 0.4) is 0 Å². The van der Waals surface area contributed by atoms with Gasteiger partial charge in [0.2, 0.25) is 0 Å². The van der Waals surface area contributed by atoms with E-state index < -0.39 is 72.8 Å². The van der Waals surface area contributed by atoms with Crippen molar-refractivity contribution in [3.05, 3.63) is 125 Å². The number of aromatic hydroxyl groups is 2. The van der Waals surface area contributed by atoms with Gasteiger partial charge in [-0.25, -0.2) is 0 Å². The minimum Gasteiger partial charge on any atom is -0.505 e. The van der Waals surface area contributed by atoms with E-state index >= 15 is 0 Å². The predicted molar refractivity (Wildman–Crippen MR) is 228 cm³/mol. The van der Waals surface area contributed by atoms with Crippen molar-refractivity contribution in [3.63, 3.8) is 0 Å². The number of para-hydroxylation sites is 1. The number of phenolic OH excluding ortho intramolecular Hbond substituents is 2. The minimum absolute atomic E-state index is 0.0302. The number of nitro benzene ring substituents is 1. The summed E-state index contributed by atoms with van der Waals surface area (Å²) < 4.78 is 103. The van der Waals surface area contributed by atoms with Gasteiger partial charge in [0.05, 0.1) is 43.3 Å². The molecule has 23 nitrogen and oxygen atoms in total. The van der Waals surface area contributed by atoms with Gasteiger partial charge in [-0.15, -0.1) is 35.8 Å². The van der Waals surface area contributed by atoms with Crippen LogP contribution in [0, 0.1) is 10.1 Å². The molecule has 0 bridgehead atoms. The lowest BCUT2D eigenvalue weighted by molar-refractivity contribution is -0.384. The van der Waals surface area contributed by atoms with Crippen molar-refractivity contribution in [3.8, 4) is 11.5 Å². The summed E-state index contributed by atoms with van der Waals surface area (Å²) in [5.41, 5.74) is 3.71. The highest BCUT2D eigenvalue weighted by atomic mass is 32.2. The first kappa shape index (κ1) is 44.1. The smallest absolute Gasteiger partial charge is 0.296 e. The molecule has 0 aromatic heterocycles. The van der Waals surface area contributed by atoms with Crippen molar-refractivity contribution < 1.29 is 54.0 Å². The van der Waals surface area contributed by atoms with Gasteiger partial charge in [0.1, 0.15) is 32.5 Å². The second-order valence-electron chi connectivity index (χ2n) is 13.1. The molecule has 0 unspecified atom stereocenters. The molecule has 0 atom stereocenters. The maximum atomic E-state index is 12.8. The zero-order valence-corrected chi connectivity index (χ0v) is 34.2. The number of benzene rings is 7. The van der Waals surface area contributed by atoms with E-state index in [-0.39, 0.29) is 61.7 Å². The van der Waals surface area contributed by atoms with Crippen LogP contribution in [0.1, 0.15) is 0 Å². The number of hydrogen-bond acceptors (Lipinski definition) is 19. The van der Waals surface area contributed by atoms with E-state index in [1.54, 1.807) is 0 Å². The Labute approximate surface area is 359 Å². The molecule has 26 heteroatoms. The normalized spacial score (nSPS) is 12.7. The predicted octanol–water partition coefficient (Wildman–Crippen LogP) is 10.3. The Balaban J connectivity index is 1.40. The summed E-state index contributed by atoms with van der Waals surface area (Å²) in [6, 6.07) is 23.9. The summed E-state index contributed by atoms with van der Waals surface area (Å²) in [6.45, 7) is 0. The third-order valence-electron chi connectivity index (χ3n) is 9.00. The lowest BCUT2D eigenvalue weighted by atomic mass is 10.0. The molecule has 7 aromatic carbocycles. The Kier molecular flexibility index (Phi) is 11.7. The average molecular weight is 927 g/mol. The third kappa shape index (κ3) is 9.11. The van der Waals surface area contributed by atoms with Crippen molar-refractivity contribution in [2.45, 2.75) is 14.7 Å². The van der Waals surface area contributed by atoms with Crippen LogP contribution in [0.4, 0.5) is 56.9 Å². The molecule has 0 radical (unpaired) electrons. The Morgan fingerprint density at radius 1 is 0.500 bits per heavy atom. The fraction of sp³-hybridized carbons (Fsp3) is 0. The number of nitro groups is 1. The lowest BCUT2D eigenvalue weighted by Crippen LogP contribution is -1.99. The van der Waals surface area contributed by atoms with Crippen LogP contribution in [-0.4, -0.2) is 54.0 Å². The van der Waals surface area contributed by atoms with Crippen LogP contribution >= 0.6 is 0 Å². The highest BCUT2D eigenvalue weighted by Crippen LogP contribution is 2.49. The standard InChI is InChI=1S/C38H26N10O13S3/c39-35-28(14-12-20-13-15-29(37(49)33(20)35)46-42-25-8-1-3-10-30(25)48(51)52)45-44-27-17-16-24(41-40-21-6-5-7-22(18-21)62(53,54)55)23-19-32(64(59,60)61)36(38(50)34(23)27)47-43-26-9-2-4-11-31(26)63(56,57)58/h1-19,49-50H,39H2,(H,53,54,55)(H,56,57,58)(H,59,60,61). The number of azo groups is 4. The fourth-order valence-electron chi connectivity index (χ4n) is 6.06. The van der Waals surface area contributed by atoms with Gasteiger partial charge in [0.25, 0.3) is 36.0 Å². The quantitative estimate of drug-likeness (QED) is 0.0218. The average Bonchev–Trinajstić information content (AvgIpc) is 3.24. The summed E-state index contributed by atoms with van der Waals surface area (Å²) in [6.07, 6.45) is 0. The zero-order valence-electron chi connectivity index (χ0n) is 31.8. The molecule has 324 valence electrons. The summed E-state index contributed by atoms with van der Waals surface area (Å²) in [5, 5.41) is 66.1. The molecule has 0 saturated heterocycles. The zero-order chi connectivity index (χ0) is 46.1. The molecule has 0 spiro atoms. The van der Waals surface area contributed by atoms with Gasteiger partial charge in [0.15, 0.2) is 17.2 Å². The van der Waals surface area contributed by atoms with Gasteiger partial charge in [-0.05, 0) is 72.1 Å². The molecule has 7 rings (SSSR count). The topological polar surface area (TPSA) is 372 Å². The minimum atomic E-state index is -5.31. The van der Waals surface area contributed by atoms with Crippen LogP contribution in [0.2, 0.25) is 0 Å². The first-order valence-corrected chi connectivity index (χ1v) is 21.9. The Hall–Kier alpha value is -8.01. The van der Waals surface area contributed by atoms with E-state index in [2.05, 4.69) is 40.9 Å². The molecule has 0 saturated carbocycles. The SMILES string of the molecule is Nc1c(N=Nc2ccc(N=Nc3cccc(S(=O)(=O)O)c3)c3cc(S(=O)(=O)O)c(N=Nc4ccccc4S(=O)(=O)O)c(O)c23)ccc2ccc(N=Nc3ccccc3[N+](=O)[O-])c(O)c12. The molecule has 0 aliphatic rings. The first-order chi connectivity index (χ1) is 30.2. The van der Waals surface area contributed by atoms with Gasteiger partial charge in [0, 0.05) is 11.5 Å². The van der Waals surface area contributed by atoms with Crippen molar-refractivity contribution >= 4 is 109 Å². The molecule has 0 aliphatic carbocycles. The van der Waals surface area contributed by atoms with E-state index in [0.29, 0.717) is 5.39 Å². The molecule has 7 aromatic rings. The molecule has 64 heavy (non-hydrogen) atoms. The number of fused-ring (bicyclic) bond motifs is 2. The molecular formula is C38H26N10O13S3. The molecule has 7 N–H and O–H groups in total. The van der Waals surface area contributed by atoms with Crippen LogP contribution < -0.4 is 5.73 Å². The Morgan fingerprint density at radius 3 is 1.75 bits per heavy atom. The number of phenols is 2. The number of hydrogen-bond donors (Lipinski definition) is 6. The van der Waals surface area contributed by atoms with E-state index in [9.17, 15) is 59.2 Å². The van der Waals surface area contributed by atoms with Gasteiger partial charge in [-0.3, -0.25) is 23.8 Å². The Morgan fingerprint density at radius 2 is 1.06 bits per heavy atom. The van der Waals surface area contributed by atoms with Crippen LogP contribution in [-0.2, 0) is 30.4 Å². The number of nitrogens with zero attached hydrogens (tertiary/aromatic N) is 9. The molecule has 0 amide bonds. The number of anilines is 1. The van der Waals surface area contributed by atoms with E-state index in [0.717, 1.165) is 30.3 Å². The maximum absolute atomic E-state index is 12.8. The van der Waals surface area contributed by atoms with Crippen molar-refractivity contribution in [2.75, 3.05) is 5.73 Å². The highest BCUT2D eigenvalue weighted by molar-refractivity contribution is 7.86. The fourth-order valence-corrected chi connectivity index (χ4v) is 7.85. The summed E-state index contributed by atoms with van der Waals surface area (Å²) in [5.74, 6) is -1.51. The van der Waals surface area contributed by atoms with Crippen LogP contribution in [0.25, 0.3) is 21.5 Å². The van der Waals surface area contributed by atoms with E-state index in [4.69, 9.17) is 5.73 Å². The van der Waals surface area contributed by atoms with Crippen molar-refractivity contribution in [2.24, 2.45) is 40.9 Å².